The predicted molar refractivity (Wildman–Crippen MR) is 68.8 cm³/mol. The fourth-order valence-corrected chi connectivity index (χ4v) is 2.86. The van der Waals surface area contributed by atoms with Crippen LogP contribution < -0.4 is 5.32 Å². The smallest absolute Gasteiger partial charge is 0.306 e. The van der Waals surface area contributed by atoms with E-state index in [4.69, 9.17) is 0 Å². The maximum Gasteiger partial charge on any atom is 0.306 e. The first-order chi connectivity index (χ1) is 7.72. The molecule has 1 rings (SSSR count). The van der Waals surface area contributed by atoms with Gasteiger partial charge in [-0.25, -0.2) is 0 Å². The largest absolute Gasteiger partial charge is 0.469 e. The average Bonchev–Trinajstić information content (AvgIpc) is 2.69. The summed E-state index contributed by atoms with van der Waals surface area (Å²) in [4.78, 5) is 10.8. The van der Waals surface area contributed by atoms with Crippen molar-refractivity contribution in [2.24, 2.45) is 5.92 Å². The van der Waals surface area contributed by atoms with E-state index in [0.29, 0.717) is 6.42 Å². The Hall–Kier alpha value is -0.220. The summed E-state index contributed by atoms with van der Waals surface area (Å²) < 4.78 is 4.58. The summed E-state index contributed by atoms with van der Waals surface area (Å²) >= 11 is 1.82. The number of rotatable bonds is 7. The molecule has 0 radical (unpaired) electrons. The first-order valence-electron chi connectivity index (χ1n) is 6.10. The maximum absolute atomic E-state index is 10.8. The first kappa shape index (κ1) is 13.8. The van der Waals surface area contributed by atoms with E-state index in [-0.39, 0.29) is 5.97 Å². The number of thioether (sulfide) groups is 1. The zero-order valence-corrected chi connectivity index (χ0v) is 11.1. The summed E-state index contributed by atoms with van der Waals surface area (Å²) in [6, 6.07) is 0.733. The van der Waals surface area contributed by atoms with Crippen molar-refractivity contribution in [3.8, 4) is 0 Å². The molecule has 16 heavy (non-hydrogen) atoms. The molecule has 0 amide bonds. The second-order valence-electron chi connectivity index (χ2n) is 4.51. The maximum atomic E-state index is 10.8. The van der Waals surface area contributed by atoms with E-state index in [1.807, 2.05) is 11.8 Å². The molecule has 0 heterocycles. The van der Waals surface area contributed by atoms with Crippen molar-refractivity contribution >= 4 is 17.7 Å². The molecule has 0 bridgehead atoms. The number of esters is 1. The molecule has 0 aromatic carbocycles. The molecule has 2 atom stereocenters. The number of methoxy groups -OCH3 is 1. The number of carbonyl (C=O) groups excluding carboxylic acids is 1. The second kappa shape index (κ2) is 7.96. The van der Waals surface area contributed by atoms with Gasteiger partial charge in [0, 0.05) is 24.1 Å². The van der Waals surface area contributed by atoms with Crippen molar-refractivity contribution in [1.82, 2.24) is 5.32 Å². The summed E-state index contributed by atoms with van der Waals surface area (Å²) in [7, 11) is 1.44. The SMILES string of the molecule is COC(=O)CCSCCNC1CCC(C)C1. The zero-order valence-electron chi connectivity index (χ0n) is 10.3. The van der Waals surface area contributed by atoms with Gasteiger partial charge in [0.05, 0.1) is 13.5 Å². The third-order valence-electron chi connectivity index (χ3n) is 3.05. The van der Waals surface area contributed by atoms with Crippen LogP contribution in [0, 0.1) is 5.92 Å². The van der Waals surface area contributed by atoms with Crippen molar-refractivity contribution in [2.45, 2.75) is 38.6 Å². The number of ether oxygens (including phenoxy) is 1. The second-order valence-corrected chi connectivity index (χ2v) is 5.73. The summed E-state index contributed by atoms with van der Waals surface area (Å²) in [5.74, 6) is 2.74. The Balaban J connectivity index is 1.86. The highest BCUT2D eigenvalue weighted by Gasteiger charge is 2.19. The van der Waals surface area contributed by atoms with Gasteiger partial charge in [-0.1, -0.05) is 6.92 Å². The van der Waals surface area contributed by atoms with Crippen molar-refractivity contribution in [2.75, 3.05) is 25.2 Å². The highest BCUT2D eigenvalue weighted by atomic mass is 32.2. The molecule has 3 nitrogen and oxygen atoms in total. The Bertz CT molecular complexity index is 211. The Labute approximate surface area is 103 Å². The Kier molecular flexibility index (Phi) is 6.88. The number of carbonyl (C=O) groups is 1. The molecule has 1 N–H and O–H groups in total. The molecule has 0 aromatic rings. The van der Waals surface area contributed by atoms with Crippen LogP contribution in [0.15, 0.2) is 0 Å². The predicted octanol–water partition coefficient (Wildman–Crippen LogP) is 2.06. The van der Waals surface area contributed by atoms with Crippen molar-refractivity contribution in [3.05, 3.63) is 0 Å². The molecular formula is C12H23NO2S. The van der Waals surface area contributed by atoms with Crippen LogP contribution in [0.1, 0.15) is 32.6 Å². The number of nitrogens with one attached hydrogen (secondary N) is 1. The fourth-order valence-electron chi connectivity index (χ4n) is 2.09. The summed E-state index contributed by atoms with van der Waals surface area (Å²) in [5.41, 5.74) is 0. The zero-order chi connectivity index (χ0) is 11.8. The fraction of sp³-hybridized carbons (Fsp3) is 0.917. The molecule has 0 spiro atoms. The van der Waals surface area contributed by atoms with Gasteiger partial charge in [-0.3, -0.25) is 4.79 Å². The highest BCUT2D eigenvalue weighted by Crippen LogP contribution is 2.24. The molecule has 1 fully saturated rings. The molecule has 1 saturated carbocycles. The van der Waals surface area contributed by atoms with Gasteiger partial charge in [-0.2, -0.15) is 11.8 Å². The van der Waals surface area contributed by atoms with Crippen molar-refractivity contribution in [1.29, 1.82) is 0 Å². The topological polar surface area (TPSA) is 38.3 Å². The molecule has 0 aromatic heterocycles. The lowest BCUT2D eigenvalue weighted by molar-refractivity contribution is -0.140. The Morgan fingerprint density at radius 2 is 2.25 bits per heavy atom. The lowest BCUT2D eigenvalue weighted by atomic mass is 10.1. The molecule has 1 aliphatic carbocycles. The van der Waals surface area contributed by atoms with Gasteiger partial charge in [0.15, 0.2) is 0 Å². The molecule has 94 valence electrons. The van der Waals surface area contributed by atoms with E-state index < -0.39 is 0 Å². The van der Waals surface area contributed by atoms with Crippen LogP contribution in [-0.4, -0.2) is 37.2 Å². The Morgan fingerprint density at radius 3 is 2.88 bits per heavy atom. The van der Waals surface area contributed by atoms with Crippen LogP contribution in [-0.2, 0) is 9.53 Å². The van der Waals surface area contributed by atoms with Crippen molar-refractivity contribution < 1.29 is 9.53 Å². The van der Waals surface area contributed by atoms with E-state index in [1.54, 1.807) is 0 Å². The van der Waals surface area contributed by atoms with Crippen LogP contribution in [0.4, 0.5) is 0 Å². The van der Waals surface area contributed by atoms with Crippen molar-refractivity contribution in [3.63, 3.8) is 0 Å². The molecule has 0 aliphatic heterocycles. The Morgan fingerprint density at radius 1 is 1.44 bits per heavy atom. The monoisotopic (exact) mass is 245 g/mol. The summed E-state index contributed by atoms with van der Waals surface area (Å²) in [6.07, 6.45) is 4.55. The van der Waals surface area contributed by atoms with Crippen LogP contribution >= 0.6 is 11.8 Å². The molecule has 4 heteroatoms. The van der Waals surface area contributed by atoms with Gasteiger partial charge in [0.25, 0.3) is 0 Å². The summed E-state index contributed by atoms with van der Waals surface area (Å²) in [6.45, 7) is 3.38. The lowest BCUT2D eigenvalue weighted by Gasteiger charge is -2.11. The molecule has 0 saturated heterocycles. The quantitative estimate of drug-likeness (QED) is 0.550. The van der Waals surface area contributed by atoms with Crippen LogP contribution in [0.3, 0.4) is 0 Å². The first-order valence-corrected chi connectivity index (χ1v) is 7.25. The molecule has 1 aliphatic rings. The van der Waals surface area contributed by atoms with Gasteiger partial charge in [-0.15, -0.1) is 0 Å². The van der Waals surface area contributed by atoms with Gasteiger partial charge >= 0.3 is 5.97 Å². The van der Waals surface area contributed by atoms with Crippen LogP contribution in [0.25, 0.3) is 0 Å². The van der Waals surface area contributed by atoms with Gasteiger partial charge < -0.3 is 10.1 Å². The van der Waals surface area contributed by atoms with Gasteiger partial charge in [-0.05, 0) is 25.2 Å². The third kappa shape index (κ3) is 5.75. The summed E-state index contributed by atoms with van der Waals surface area (Å²) in [5, 5.41) is 3.58. The van der Waals surface area contributed by atoms with E-state index >= 15 is 0 Å². The van der Waals surface area contributed by atoms with Gasteiger partial charge in [0.1, 0.15) is 0 Å². The average molecular weight is 245 g/mol. The van der Waals surface area contributed by atoms with E-state index in [9.17, 15) is 4.79 Å². The number of hydrogen-bond donors (Lipinski definition) is 1. The van der Waals surface area contributed by atoms with Gasteiger partial charge in [0.2, 0.25) is 0 Å². The lowest BCUT2D eigenvalue weighted by Crippen LogP contribution is -2.28. The van der Waals surface area contributed by atoms with E-state index in [1.165, 1.54) is 26.4 Å². The van der Waals surface area contributed by atoms with E-state index in [0.717, 1.165) is 30.0 Å². The van der Waals surface area contributed by atoms with E-state index in [2.05, 4.69) is 17.0 Å². The minimum Gasteiger partial charge on any atom is -0.469 e. The standard InChI is InChI=1S/C12H23NO2S/c1-10-3-4-11(9-10)13-6-8-16-7-5-12(14)15-2/h10-11,13H,3-9H2,1-2H3. The number of hydrogen-bond acceptors (Lipinski definition) is 4. The molecule has 2 unspecified atom stereocenters. The molecular weight excluding hydrogens is 222 g/mol. The van der Waals surface area contributed by atoms with Crippen LogP contribution in [0.2, 0.25) is 0 Å². The highest BCUT2D eigenvalue weighted by molar-refractivity contribution is 7.99. The van der Waals surface area contributed by atoms with Crippen LogP contribution in [0.5, 0.6) is 0 Å². The normalized spacial score (nSPS) is 24.6. The third-order valence-corrected chi connectivity index (χ3v) is 4.04. The minimum absolute atomic E-state index is 0.106. The minimum atomic E-state index is -0.106.